The third-order valence-corrected chi connectivity index (χ3v) is 5.23. The van der Waals surface area contributed by atoms with Crippen LogP contribution in [0.25, 0.3) is 0 Å². The largest absolute Gasteiger partial charge is 0.279 e. The van der Waals surface area contributed by atoms with Gasteiger partial charge in [0.2, 0.25) is 0 Å². The molecule has 1 aromatic rings. The zero-order valence-electron chi connectivity index (χ0n) is 11.4. The summed E-state index contributed by atoms with van der Waals surface area (Å²) in [6, 6.07) is 9.46. The van der Waals surface area contributed by atoms with Crippen molar-refractivity contribution in [1.82, 2.24) is 9.03 Å². The van der Waals surface area contributed by atoms with E-state index in [4.69, 9.17) is 0 Å². The first-order chi connectivity index (χ1) is 9.09. The minimum atomic E-state index is -3.37. The molecule has 1 unspecified atom stereocenters. The Morgan fingerprint density at radius 3 is 2.21 bits per heavy atom. The van der Waals surface area contributed by atoms with Crippen LogP contribution in [-0.2, 0) is 10.2 Å². The number of benzene rings is 1. The Morgan fingerprint density at radius 2 is 1.63 bits per heavy atom. The van der Waals surface area contributed by atoms with Crippen molar-refractivity contribution < 1.29 is 8.42 Å². The molecule has 0 aliphatic carbocycles. The molecule has 0 bridgehead atoms. The second-order valence-electron chi connectivity index (χ2n) is 5.07. The van der Waals surface area contributed by atoms with E-state index in [1.807, 2.05) is 37.3 Å². The molecule has 1 aliphatic rings. The van der Waals surface area contributed by atoms with Gasteiger partial charge < -0.3 is 0 Å². The van der Waals surface area contributed by atoms with E-state index < -0.39 is 10.2 Å². The molecule has 106 valence electrons. The fraction of sp³-hybridized carbons (Fsp3) is 0.571. The lowest BCUT2D eigenvalue weighted by Crippen LogP contribution is -2.42. The van der Waals surface area contributed by atoms with Gasteiger partial charge in [-0.2, -0.15) is 17.4 Å². The summed E-state index contributed by atoms with van der Waals surface area (Å²) in [7, 11) is -3.37. The Morgan fingerprint density at radius 1 is 1.05 bits per heavy atom. The monoisotopic (exact) mass is 282 g/mol. The normalized spacial score (nSPS) is 19.8. The average molecular weight is 282 g/mol. The minimum Gasteiger partial charge on any atom is -0.195 e. The Bertz CT molecular complexity index is 479. The number of nitrogens with one attached hydrogen (secondary N) is 1. The highest BCUT2D eigenvalue weighted by atomic mass is 32.2. The summed E-state index contributed by atoms with van der Waals surface area (Å²) in [4.78, 5) is 0. The number of rotatable bonds is 4. The predicted molar refractivity (Wildman–Crippen MR) is 77.0 cm³/mol. The van der Waals surface area contributed by atoms with E-state index in [0.29, 0.717) is 13.1 Å². The Hall–Kier alpha value is -0.910. The Kier molecular flexibility index (Phi) is 4.96. The lowest BCUT2D eigenvalue weighted by Gasteiger charge is -2.23. The standard InChI is InChI=1S/C14H22N2O2S/c1-13(14-9-5-4-6-10-14)15-19(17,18)16-11-7-2-3-8-12-16/h4-6,9-10,13,15H,2-3,7-8,11-12H2,1H3. The molecular weight excluding hydrogens is 260 g/mol. The highest BCUT2D eigenvalue weighted by Gasteiger charge is 2.24. The lowest BCUT2D eigenvalue weighted by atomic mass is 10.1. The molecule has 1 aliphatic heterocycles. The van der Waals surface area contributed by atoms with Crippen LogP contribution in [0.4, 0.5) is 0 Å². The van der Waals surface area contributed by atoms with Crippen molar-refractivity contribution in [1.29, 1.82) is 0 Å². The van der Waals surface area contributed by atoms with Crippen LogP contribution in [-0.4, -0.2) is 25.8 Å². The quantitative estimate of drug-likeness (QED) is 0.922. The predicted octanol–water partition coefficient (Wildman–Crippen LogP) is 2.46. The molecule has 5 heteroatoms. The zero-order chi connectivity index (χ0) is 13.7. The number of nitrogens with zero attached hydrogens (tertiary/aromatic N) is 1. The molecule has 19 heavy (non-hydrogen) atoms. The van der Waals surface area contributed by atoms with Crippen molar-refractivity contribution >= 4 is 10.2 Å². The molecule has 0 saturated carbocycles. The molecule has 0 aromatic heterocycles. The van der Waals surface area contributed by atoms with Crippen molar-refractivity contribution in [3.8, 4) is 0 Å². The van der Waals surface area contributed by atoms with Crippen molar-refractivity contribution in [2.45, 2.75) is 38.6 Å². The van der Waals surface area contributed by atoms with Crippen LogP contribution in [0.15, 0.2) is 30.3 Å². The maximum Gasteiger partial charge on any atom is 0.279 e. The molecular formula is C14H22N2O2S. The van der Waals surface area contributed by atoms with Crippen LogP contribution in [0.3, 0.4) is 0 Å². The summed E-state index contributed by atoms with van der Waals surface area (Å²) in [5.41, 5.74) is 0.987. The maximum absolute atomic E-state index is 12.3. The number of hydrogen-bond acceptors (Lipinski definition) is 2. The summed E-state index contributed by atoms with van der Waals surface area (Å²) in [6.07, 6.45) is 4.17. The fourth-order valence-corrected chi connectivity index (χ4v) is 3.86. The van der Waals surface area contributed by atoms with E-state index >= 15 is 0 Å². The Labute approximate surface area is 116 Å². The third-order valence-electron chi connectivity index (χ3n) is 3.53. The average Bonchev–Trinajstić information content (AvgIpc) is 2.68. The number of hydrogen-bond donors (Lipinski definition) is 1. The zero-order valence-corrected chi connectivity index (χ0v) is 12.2. The van der Waals surface area contributed by atoms with Gasteiger partial charge in [0, 0.05) is 19.1 Å². The van der Waals surface area contributed by atoms with Crippen LogP contribution >= 0.6 is 0 Å². The molecule has 0 amide bonds. The van der Waals surface area contributed by atoms with E-state index in [2.05, 4.69) is 4.72 Å². The lowest BCUT2D eigenvalue weighted by molar-refractivity contribution is 0.410. The highest BCUT2D eigenvalue weighted by Crippen LogP contribution is 2.17. The fourth-order valence-electron chi connectivity index (χ4n) is 2.39. The van der Waals surface area contributed by atoms with E-state index in [0.717, 1.165) is 31.2 Å². The van der Waals surface area contributed by atoms with E-state index in [-0.39, 0.29) is 6.04 Å². The van der Waals surface area contributed by atoms with Gasteiger partial charge in [0.1, 0.15) is 0 Å². The second kappa shape index (κ2) is 6.50. The topological polar surface area (TPSA) is 49.4 Å². The van der Waals surface area contributed by atoms with Gasteiger partial charge in [0.25, 0.3) is 10.2 Å². The third kappa shape index (κ3) is 4.03. The molecule has 1 heterocycles. The molecule has 1 fully saturated rings. The molecule has 1 saturated heterocycles. The van der Waals surface area contributed by atoms with E-state index in [1.165, 1.54) is 0 Å². The van der Waals surface area contributed by atoms with Gasteiger partial charge in [-0.05, 0) is 25.3 Å². The van der Waals surface area contributed by atoms with Crippen molar-refractivity contribution in [3.63, 3.8) is 0 Å². The van der Waals surface area contributed by atoms with E-state index in [9.17, 15) is 8.42 Å². The van der Waals surface area contributed by atoms with Gasteiger partial charge in [0.15, 0.2) is 0 Å². The van der Waals surface area contributed by atoms with Gasteiger partial charge in [-0.25, -0.2) is 0 Å². The van der Waals surface area contributed by atoms with Gasteiger partial charge in [-0.15, -0.1) is 0 Å². The van der Waals surface area contributed by atoms with Gasteiger partial charge >= 0.3 is 0 Å². The highest BCUT2D eigenvalue weighted by molar-refractivity contribution is 7.87. The van der Waals surface area contributed by atoms with Crippen LogP contribution in [0.1, 0.15) is 44.2 Å². The summed E-state index contributed by atoms with van der Waals surface area (Å²) in [6.45, 7) is 3.15. The molecule has 1 aromatic carbocycles. The van der Waals surface area contributed by atoms with Crippen LogP contribution in [0.5, 0.6) is 0 Å². The Balaban J connectivity index is 2.04. The maximum atomic E-state index is 12.3. The van der Waals surface area contributed by atoms with E-state index in [1.54, 1.807) is 4.31 Å². The second-order valence-corrected chi connectivity index (χ2v) is 6.77. The summed E-state index contributed by atoms with van der Waals surface area (Å²) >= 11 is 0. The summed E-state index contributed by atoms with van der Waals surface area (Å²) in [5, 5.41) is 0. The first kappa shape index (κ1) is 14.5. The molecule has 4 nitrogen and oxygen atoms in total. The van der Waals surface area contributed by atoms with Crippen LogP contribution in [0, 0.1) is 0 Å². The summed E-state index contributed by atoms with van der Waals surface area (Å²) in [5.74, 6) is 0. The van der Waals surface area contributed by atoms with Crippen LogP contribution < -0.4 is 4.72 Å². The molecule has 2 rings (SSSR count). The van der Waals surface area contributed by atoms with Gasteiger partial charge in [-0.3, -0.25) is 0 Å². The molecule has 1 N–H and O–H groups in total. The van der Waals surface area contributed by atoms with Crippen molar-refractivity contribution in [2.24, 2.45) is 0 Å². The first-order valence-electron chi connectivity index (χ1n) is 6.92. The first-order valence-corrected chi connectivity index (χ1v) is 8.36. The molecule has 1 atom stereocenters. The SMILES string of the molecule is CC(NS(=O)(=O)N1CCCCCC1)c1ccccc1. The minimum absolute atomic E-state index is 0.200. The summed E-state index contributed by atoms with van der Waals surface area (Å²) < 4.78 is 29.0. The molecule has 0 spiro atoms. The van der Waals surface area contributed by atoms with Crippen molar-refractivity contribution in [3.05, 3.63) is 35.9 Å². The smallest absolute Gasteiger partial charge is 0.195 e. The van der Waals surface area contributed by atoms with Crippen molar-refractivity contribution in [2.75, 3.05) is 13.1 Å². The van der Waals surface area contributed by atoms with Crippen LogP contribution in [0.2, 0.25) is 0 Å². The van der Waals surface area contributed by atoms with Gasteiger partial charge in [0.05, 0.1) is 0 Å². The molecule has 0 radical (unpaired) electrons. The van der Waals surface area contributed by atoms with Gasteiger partial charge in [-0.1, -0.05) is 43.2 Å².